The van der Waals surface area contributed by atoms with E-state index in [0.717, 1.165) is 57.1 Å². The van der Waals surface area contributed by atoms with Crippen LogP contribution in [-0.2, 0) is 24.2 Å². The van der Waals surface area contributed by atoms with E-state index < -0.39 is 0 Å². The molecule has 0 bridgehead atoms. The molecule has 3 aliphatic rings. The minimum Gasteiger partial charge on any atom is -0.340 e. The predicted octanol–water partition coefficient (Wildman–Crippen LogP) is 5.30. The number of nitrogens with zero attached hydrogens (tertiary/aromatic N) is 3. The van der Waals surface area contributed by atoms with Crippen molar-refractivity contribution >= 4 is 28.1 Å². The van der Waals surface area contributed by atoms with Crippen LogP contribution in [0.15, 0.2) is 18.2 Å². The third-order valence-corrected chi connectivity index (χ3v) is 8.64. The van der Waals surface area contributed by atoms with Crippen molar-refractivity contribution in [1.29, 1.82) is 0 Å². The Hall–Kier alpha value is -1.92. The molecule has 0 radical (unpaired) electrons. The summed E-state index contributed by atoms with van der Waals surface area (Å²) in [5.41, 5.74) is 5.15. The van der Waals surface area contributed by atoms with Crippen molar-refractivity contribution in [1.82, 2.24) is 14.8 Å². The van der Waals surface area contributed by atoms with Crippen LogP contribution in [0.4, 0.5) is 10.8 Å². The van der Waals surface area contributed by atoms with Crippen LogP contribution in [-0.4, -0.2) is 46.9 Å². The van der Waals surface area contributed by atoms with Gasteiger partial charge in [0.15, 0.2) is 5.13 Å². The fraction of sp³-hybridized carbons (Fsp3) is 0.615. The summed E-state index contributed by atoms with van der Waals surface area (Å²) < 4.78 is 0. The second-order valence-corrected chi connectivity index (χ2v) is 10.8. The number of hydrogen-bond donors (Lipinski definition) is 1. The van der Waals surface area contributed by atoms with E-state index >= 15 is 0 Å². The number of carbonyl (C=O) groups is 1. The standard InChI is InChI=1S/C26H36N4OS/c1-19-21(18-29-14-16-30(17-15-29)25(31)20-8-5-6-9-20)10-7-12-22(19)27-26-28-23-11-3-2-4-13-24(23)32-26/h7,10,12,20H,2-6,8-9,11,13-18H2,1H3,(H,27,28). The molecule has 2 aliphatic carbocycles. The smallest absolute Gasteiger partial charge is 0.225 e. The maximum atomic E-state index is 12.7. The first kappa shape index (κ1) is 21.9. The number of fused-ring (bicyclic) bond motifs is 1. The van der Waals surface area contributed by atoms with Crippen LogP contribution in [0, 0.1) is 12.8 Å². The first-order valence-corrected chi connectivity index (χ1v) is 13.3. The highest BCUT2D eigenvalue weighted by molar-refractivity contribution is 7.15. The van der Waals surface area contributed by atoms with Crippen molar-refractivity contribution in [2.45, 2.75) is 71.3 Å². The Labute approximate surface area is 196 Å². The molecule has 1 amide bonds. The average molecular weight is 453 g/mol. The van der Waals surface area contributed by atoms with Gasteiger partial charge in [-0.25, -0.2) is 4.98 Å². The fourth-order valence-corrected chi connectivity index (χ4v) is 6.55. The van der Waals surface area contributed by atoms with Gasteiger partial charge in [0, 0.05) is 49.2 Å². The first-order valence-electron chi connectivity index (χ1n) is 12.5. The number of nitrogens with one attached hydrogen (secondary N) is 1. The molecule has 1 aromatic heterocycles. The zero-order valence-electron chi connectivity index (χ0n) is 19.4. The highest BCUT2D eigenvalue weighted by Gasteiger charge is 2.29. The second-order valence-electron chi connectivity index (χ2n) is 9.75. The molecule has 172 valence electrons. The number of hydrogen-bond acceptors (Lipinski definition) is 5. The number of anilines is 2. The lowest BCUT2D eigenvalue weighted by molar-refractivity contribution is -0.137. The Morgan fingerprint density at radius 3 is 2.66 bits per heavy atom. The molecule has 1 saturated carbocycles. The summed E-state index contributed by atoms with van der Waals surface area (Å²) in [5.74, 6) is 0.707. The first-order chi connectivity index (χ1) is 15.7. The summed E-state index contributed by atoms with van der Waals surface area (Å²) >= 11 is 1.84. The summed E-state index contributed by atoms with van der Waals surface area (Å²) in [5, 5.41) is 4.65. The molecule has 1 aliphatic heterocycles. The molecule has 1 aromatic carbocycles. The van der Waals surface area contributed by atoms with Crippen LogP contribution in [0.5, 0.6) is 0 Å². The quantitative estimate of drug-likeness (QED) is 0.626. The maximum Gasteiger partial charge on any atom is 0.225 e. The van der Waals surface area contributed by atoms with Gasteiger partial charge in [-0.2, -0.15) is 0 Å². The molecular weight excluding hydrogens is 416 g/mol. The van der Waals surface area contributed by atoms with Gasteiger partial charge < -0.3 is 10.2 Å². The summed E-state index contributed by atoms with van der Waals surface area (Å²) in [6.45, 7) is 6.84. The lowest BCUT2D eigenvalue weighted by Crippen LogP contribution is -2.49. The Bertz CT molecular complexity index is 918. The van der Waals surface area contributed by atoms with E-state index in [0.29, 0.717) is 11.8 Å². The highest BCUT2D eigenvalue weighted by atomic mass is 32.1. The normalized spacial score (nSPS) is 20.2. The minimum absolute atomic E-state index is 0.299. The van der Waals surface area contributed by atoms with Gasteiger partial charge in [-0.05, 0) is 62.6 Å². The van der Waals surface area contributed by atoms with Crippen LogP contribution in [0.3, 0.4) is 0 Å². The van der Waals surface area contributed by atoms with Gasteiger partial charge in [-0.3, -0.25) is 9.69 Å². The number of aromatic nitrogens is 1. The minimum atomic E-state index is 0.299. The molecule has 2 aromatic rings. The SMILES string of the molecule is Cc1c(CN2CCN(C(=O)C3CCCC3)CC2)cccc1Nc1nc2c(s1)CCCCC2. The molecule has 6 heteroatoms. The average Bonchev–Trinajstić information content (AvgIpc) is 3.42. The zero-order chi connectivity index (χ0) is 21.9. The largest absolute Gasteiger partial charge is 0.340 e. The van der Waals surface area contributed by atoms with Crippen LogP contribution in [0.1, 0.15) is 66.6 Å². The third-order valence-electron chi connectivity index (χ3n) is 7.57. The Morgan fingerprint density at radius 1 is 1.06 bits per heavy atom. The van der Waals surface area contributed by atoms with E-state index in [4.69, 9.17) is 4.98 Å². The van der Waals surface area contributed by atoms with Gasteiger partial charge in [-0.1, -0.05) is 31.4 Å². The lowest BCUT2D eigenvalue weighted by atomic mass is 10.0. The van der Waals surface area contributed by atoms with E-state index in [1.165, 1.54) is 65.9 Å². The van der Waals surface area contributed by atoms with E-state index in [1.807, 2.05) is 11.3 Å². The molecule has 5 rings (SSSR count). The number of rotatable bonds is 5. The summed E-state index contributed by atoms with van der Waals surface area (Å²) in [4.78, 5) is 23.7. The van der Waals surface area contributed by atoms with Crippen molar-refractivity contribution in [3.8, 4) is 0 Å². The van der Waals surface area contributed by atoms with E-state index in [9.17, 15) is 4.79 Å². The van der Waals surface area contributed by atoms with Crippen molar-refractivity contribution in [2.24, 2.45) is 5.92 Å². The number of aryl methyl sites for hydroxylation is 2. The molecule has 0 atom stereocenters. The molecule has 5 nitrogen and oxygen atoms in total. The zero-order valence-corrected chi connectivity index (χ0v) is 20.2. The van der Waals surface area contributed by atoms with Crippen molar-refractivity contribution < 1.29 is 4.79 Å². The maximum absolute atomic E-state index is 12.7. The van der Waals surface area contributed by atoms with Gasteiger partial charge in [-0.15, -0.1) is 11.3 Å². The monoisotopic (exact) mass is 452 g/mol. The van der Waals surface area contributed by atoms with Gasteiger partial charge in [0.05, 0.1) is 5.69 Å². The number of thiazole rings is 1. The Balaban J connectivity index is 1.19. The highest BCUT2D eigenvalue weighted by Crippen LogP contribution is 2.32. The van der Waals surface area contributed by atoms with Crippen LogP contribution in [0.25, 0.3) is 0 Å². The van der Waals surface area contributed by atoms with Crippen molar-refractivity contribution in [2.75, 3.05) is 31.5 Å². The summed E-state index contributed by atoms with van der Waals surface area (Å²) in [6, 6.07) is 6.57. The van der Waals surface area contributed by atoms with Crippen LogP contribution >= 0.6 is 11.3 Å². The van der Waals surface area contributed by atoms with Crippen molar-refractivity contribution in [3.05, 3.63) is 39.9 Å². The molecule has 0 spiro atoms. The van der Waals surface area contributed by atoms with Gasteiger partial charge in [0.25, 0.3) is 0 Å². The fourth-order valence-electron chi connectivity index (χ4n) is 5.49. The van der Waals surface area contributed by atoms with Crippen LogP contribution < -0.4 is 5.32 Å². The topological polar surface area (TPSA) is 48.5 Å². The second kappa shape index (κ2) is 9.92. The molecule has 2 fully saturated rings. The Kier molecular flexibility index (Phi) is 6.79. The number of amides is 1. The Morgan fingerprint density at radius 2 is 1.84 bits per heavy atom. The van der Waals surface area contributed by atoms with Gasteiger partial charge >= 0.3 is 0 Å². The number of piperazine rings is 1. The summed E-state index contributed by atoms with van der Waals surface area (Å²) in [6.07, 6.45) is 10.8. The molecule has 1 saturated heterocycles. The van der Waals surface area contributed by atoms with E-state index in [1.54, 1.807) is 0 Å². The molecular formula is C26H36N4OS. The van der Waals surface area contributed by atoms with Gasteiger partial charge in [0.2, 0.25) is 5.91 Å². The van der Waals surface area contributed by atoms with E-state index in [2.05, 4.69) is 40.2 Å². The molecule has 0 unspecified atom stereocenters. The third kappa shape index (κ3) is 4.86. The molecule has 32 heavy (non-hydrogen) atoms. The lowest BCUT2D eigenvalue weighted by Gasteiger charge is -2.36. The van der Waals surface area contributed by atoms with E-state index in [-0.39, 0.29) is 0 Å². The van der Waals surface area contributed by atoms with Gasteiger partial charge in [0.1, 0.15) is 0 Å². The molecule has 1 N–H and O–H groups in total. The number of carbonyl (C=O) groups excluding carboxylic acids is 1. The number of benzene rings is 1. The van der Waals surface area contributed by atoms with Crippen LogP contribution in [0.2, 0.25) is 0 Å². The summed E-state index contributed by atoms with van der Waals surface area (Å²) in [7, 11) is 0. The predicted molar refractivity (Wildman–Crippen MR) is 132 cm³/mol. The van der Waals surface area contributed by atoms with Crippen molar-refractivity contribution in [3.63, 3.8) is 0 Å². The molecule has 2 heterocycles.